The van der Waals surface area contributed by atoms with Crippen LogP contribution in [0.1, 0.15) is 83.1 Å². The summed E-state index contributed by atoms with van der Waals surface area (Å²) in [4.78, 5) is 5.09. The van der Waals surface area contributed by atoms with Gasteiger partial charge in [0.25, 0.3) is 6.71 Å². The van der Waals surface area contributed by atoms with Crippen LogP contribution in [-0.4, -0.2) is 15.8 Å². The van der Waals surface area contributed by atoms with E-state index in [1.807, 2.05) is 0 Å². The van der Waals surface area contributed by atoms with Gasteiger partial charge < -0.3 is 18.9 Å². The molecule has 0 atom stereocenters. The van der Waals surface area contributed by atoms with Crippen molar-refractivity contribution in [3.8, 4) is 55.9 Å². The molecule has 19 aromatic rings. The highest BCUT2D eigenvalue weighted by Crippen LogP contribution is 2.58. The average molecular weight is 1410 g/mol. The van der Waals surface area contributed by atoms with Gasteiger partial charge in [-0.15, -0.1) is 11.3 Å². The number of hydrogen-bond acceptors (Lipinski definition) is 3. The molecule has 516 valence electrons. The Morgan fingerprint density at radius 1 is 0.324 bits per heavy atom. The summed E-state index contributed by atoms with van der Waals surface area (Å²) in [6.07, 6.45) is 0. The molecule has 5 heterocycles. The predicted octanol–water partition coefficient (Wildman–Crippen LogP) is 26.6. The summed E-state index contributed by atoms with van der Waals surface area (Å²) in [6, 6.07) is 110. The van der Waals surface area contributed by atoms with Gasteiger partial charge in [0.05, 0.1) is 48.9 Å². The third kappa shape index (κ3) is 9.68. The van der Waals surface area contributed by atoms with Crippen LogP contribution < -0.4 is 25.5 Å². The van der Waals surface area contributed by atoms with Crippen LogP contribution in [0, 0.1) is 0 Å². The summed E-state index contributed by atoms with van der Waals surface area (Å²) < 4.78 is 42.1. The maximum atomic E-state index is 12.2. The van der Waals surface area contributed by atoms with E-state index in [4.69, 9.17) is 0 Å². The molecule has 108 heavy (non-hydrogen) atoms. The first-order chi connectivity index (χ1) is 53.8. The van der Waals surface area contributed by atoms with E-state index >= 15 is 0 Å². The maximum Gasteiger partial charge on any atom is 0.264 e. The zero-order valence-electron chi connectivity index (χ0n) is 65.1. The highest BCUT2D eigenvalue weighted by atomic mass is 32.1. The summed E-state index contributed by atoms with van der Waals surface area (Å²) in [5, 5.41) is 12.2. The van der Waals surface area contributed by atoms with E-state index < -0.39 is 6.71 Å². The van der Waals surface area contributed by atoms with Gasteiger partial charge in [-0.1, -0.05) is 299 Å². The molecule has 21 rings (SSSR count). The maximum absolute atomic E-state index is 12.2. The minimum atomic E-state index is -0.690. The Bertz CT molecular complexity index is 6930. The van der Waals surface area contributed by atoms with Crippen molar-refractivity contribution in [3.05, 3.63) is 332 Å². The predicted molar refractivity (Wildman–Crippen MR) is 466 cm³/mol. The number of nitrogens with zero attached hydrogens (tertiary/aromatic N) is 4. The molecule has 0 unspecified atom stereocenters. The fourth-order valence-corrected chi connectivity index (χ4v) is 19.4. The van der Waals surface area contributed by atoms with Crippen molar-refractivity contribution in [2.24, 2.45) is 0 Å². The van der Waals surface area contributed by atoms with Gasteiger partial charge in [-0.05, 0) is 172 Å². The fourth-order valence-electron chi connectivity index (χ4n) is 18.1. The molecule has 6 heteroatoms. The van der Waals surface area contributed by atoms with Crippen LogP contribution in [0.3, 0.4) is 0 Å². The Kier molecular flexibility index (Phi) is 13.4. The summed E-state index contributed by atoms with van der Waals surface area (Å²) in [5.74, 6) is 0. The van der Waals surface area contributed by atoms with Gasteiger partial charge in [0.2, 0.25) is 0 Å². The summed E-state index contributed by atoms with van der Waals surface area (Å²) in [5.41, 5.74) is 23.2. The number of fused-ring (bicyclic) bond motifs is 13. The van der Waals surface area contributed by atoms with E-state index in [9.17, 15) is 4.11 Å². The molecule has 0 amide bonds. The van der Waals surface area contributed by atoms with Crippen molar-refractivity contribution >= 4 is 154 Å². The SMILES string of the molecule is [2H]c1c([2H])c(-n2c3ccccc3c3cc4ccc5cccc6ccc(c4c56)c32)c([2H])c2c1B1c3sc4cc(C(C)(C)C)ccc4c3N(c3c(-c4ccccc4)cc(C(C)(C)C)cc3-c3ccccc3)c3cc(-n4c5ccccc5c5ccccc54)cc(c31)N2c1c(-c2ccccc2)cc(C(C)(C)C)cc1-c1ccccc1. The molecule has 2 aliphatic heterocycles. The minimum Gasteiger partial charge on any atom is -0.310 e. The van der Waals surface area contributed by atoms with Crippen LogP contribution in [0.2, 0.25) is 0 Å². The number of hydrogen-bond donors (Lipinski definition) is 0. The highest BCUT2D eigenvalue weighted by Gasteiger charge is 2.48. The Hall–Kier alpha value is -12.2. The molecular formula is C102H79BN4S. The first-order valence-corrected chi connectivity index (χ1v) is 38.7. The van der Waals surface area contributed by atoms with E-state index in [1.54, 1.807) is 11.3 Å². The normalized spacial score (nSPS) is 13.6. The van der Waals surface area contributed by atoms with Crippen molar-refractivity contribution in [1.29, 1.82) is 0 Å². The molecule has 16 aromatic carbocycles. The fraction of sp³-hybridized carbons (Fsp3) is 0.118. The number of anilines is 6. The first kappa shape index (κ1) is 61.0. The molecule has 0 radical (unpaired) electrons. The Morgan fingerprint density at radius 3 is 1.29 bits per heavy atom. The van der Waals surface area contributed by atoms with E-state index in [0.717, 1.165) is 175 Å². The van der Waals surface area contributed by atoms with Crippen molar-refractivity contribution in [1.82, 2.24) is 9.13 Å². The van der Waals surface area contributed by atoms with Gasteiger partial charge in [0, 0.05) is 86.8 Å². The number of aromatic nitrogens is 2. The smallest absolute Gasteiger partial charge is 0.264 e. The van der Waals surface area contributed by atoms with Gasteiger partial charge >= 0.3 is 0 Å². The second-order valence-electron chi connectivity index (χ2n) is 32.9. The third-order valence-electron chi connectivity index (χ3n) is 23.3. The second-order valence-corrected chi connectivity index (χ2v) is 34.0. The van der Waals surface area contributed by atoms with Crippen LogP contribution in [0.15, 0.2) is 315 Å². The molecular weight excluding hydrogens is 1320 g/mol. The minimum absolute atomic E-state index is 0.01000. The lowest BCUT2D eigenvalue weighted by molar-refractivity contribution is 0.590. The van der Waals surface area contributed by atoms with Crippen molar-refractivity contribution < 1.29 is 4.11 Å². The van der Waals surface area contributed by atoms with Gasteiger partial charge in [-0.2, -0.15) is 0 Å². The lowest BCUT2D eigenvalue weighted by atomic mass is 9.36. The Labute approximate surface area is 639 Å². The first-order valence-electron chi connectivity index (χ1n) is 39.4. The monoisotopic (exact) mass is 1410 g/mol. The van der Waals surface area contributed by atoms with E-state index in [-0.39, 0.29) is 34.4 Å². The molecule has 0 fully saturated rings. The number of para-hydroxylation sites is 3. The lowest BCUT2D eigenvalue weighted by Gasteiger charge is -2.45. The largest absolute Gasteiger partial charge is 0.310 e. The average Bonchev–Trinajstić information content (AvgIpc) is 1.67. The molecule has 3 aromatic heterocycles. The molecule has 0 saturated carbocycles. The molecule has 2 aliphatic rings. The number of rotatable bonds is 8. The van der Waals surface area contributed by atoms with Crippen LogP contribution in [-0.2, 0) is 16.2 Å². The molecule has 0 N–H and O–H groups in total. The zero-order chi connectivity index (χ0) is 75.4. The van der Waals surface area contributed by atoms with Gasteiger partial charge in [0.15, 0.2) is 0 Å². The summed E-state index contributed by atoms with van der Waals surface area (Å²) in [7, 11) is 0. The molecule has 4 nitrogen and oxygen atoms in total. The summed E-state index contributed by atoms with van der Waals surface area (Å²) in [6.45, 7) is 20.1. The molecule has 0 aliphatic carbocycles. The van der Waals surface area contributed by atoms with Crippen molar-refractivity contribution in [2.75, 3.05) is 9.80 Å². The van der Waals surface area contributed by atoms with E-state index in [0.29, 0.717) is 16.8 Å². The van der Waals surface area contributed by atoms with Gasteiger partial charge in [-0.3, -0.25) is 0 Å². The molecule has 0 saturated heterocycles. The van der Waals surface area contributed by atoms with Gasteiger partial charge in [0.1, 0.15) is 0 Å². The molecule has 0 bridgehead atoms. The van der Waals surface area contributed by atoms with Crippen molar-refractivity contribution in [3.63, 3.8) is 0 Å². The van der Waals surface area contributed by atoms with E-state index in [1.165, 1.54) is 16.5 Å². The van der Waals surface area contributed by atoms with Crippen LogP contribution in [0.25, 0.3) is 142 Å². The van der Waals surface area contributed by atoms with Crippen molar-refractivity contribution in [2.45, 2.75) is 78.6 Å². The van der Waals surface area contributed by atoms with Crippen LogP contribution >= 0.6 is 11.3 Å². The topological polar surface area (TPSA) is 16.3 Å². The lowest BCUT2D eigenvalue weighted by Crippen LogP contribution is -2.60. The zero-order valence-corrected chi connectivity index (χ0v) is 62.9. The standard InChI is InChI=1S/C102H79BN4S/c1-100(2,3)69-48-51-77-91(58-69)108-99-98(77)107(97-81(64-33-18-12-19-34-64)56-71(102(7,8)9)57-82(97)65-35-20-13-21-36-65)90-61-73(104-85-42-25-22-39-74(85)75-40-23-26-43-86(75)104)60-89-94(90)103(99)84-52-49-72(105-87-44-27-24-41-76(87)83-53-68-46-45-66-37-28-38-67-47-50-78(95(83)105)93(68)92(66)67)59-88(84)106(89)96-79(62-29-14-10-15-30-62)54-70(101(4,5)6)55-80(96)63-31-16-11-17-32-63/h10-61H,1-9H3/i49D,52D,59D. The number of thiophene rings is 1. The second kappa shape index (κ2) is 23.6. The Morgan fingerprint density at radius 2 is 0.769 bits per heavy atom. The van der Waals surface area contributed by atoms with Crippen LogP contribution in [0.5, 0.6) is 0 Å². The Balaban J connectivity index is 1.01. The van der Waals surface area contributed by atoms with Crippen LogP contribution in [0.4, 0.5) is 34.1 Å². The highest BCUT2D eigenvalue weighted by molar-refractivity contribution is 7.33. The number of benzene rings is 16. The van der Waals surface area contributed by atoms with E-state index in [2.05, 4.69) is 378 Å². The molecule has 0 spiro atoms. The van der Waals surface area contributed by atoms with Gasteiger partial charge in [-0.25, -0.2) is 0 Å². The quantitative estimate of drug-likeness (QED) is 0.111. The summed E-state index contributed by atoms with van der Waals surface area (Å²) >= 11 is 1.80. The third-order valence-corrected chi connectivity index (χ3v) is 24.5.